The summed E-state index contributed by atoms with van der Waals surface area (Å²) in [7, 11) is 0. The molecule has 0 bridgehead atoms. The van der Waals surface area contributed by atoms with Gasteiger partial charge in [0.25, 0.3) is 5.56 Å². The summed E-state index contributed by atoms with van der Waals surface area (Å²) in [5.41, 5.74) is 8.05. The van der Waals surface area contributed by atoms with E-state index >= 15 is 0 Å². The first-order valence-electron chi connectivity index (χ1n) is 7.89. The van der Waals surface area contributed by atoms with E-state index in [2.05, 4.69) is 5.10 Å². The molecule has 0 aliphatic rings. The molecule has 0 saturated heterocycles. The van der Waals surface area contributed by atoms with Crippen molar-refractivity contribution in [1.29, 1.82) is 0 Å². The second-order valence-electron chi connectivity index (χ2n) is 5.78. The van der Waals surface area contributed by atoms with Gasteiger partial charge in [-0.1, -0.05) is 71.7 Å². The molecule has 0 atom stereocenters. The fourth-order valence-electron chi connectivity index (χ4n) is 2.94. The molecule has 0 unspecified atom stereocenters. The molecule has 0 radical (unpaired) electrons. The molecule has 2 N–H and O–H groups in total. The number of anilines is 1. The molecule has 0 spiro atoms. The molecule has 0 aliphatic carbocycles. The number of benzene rings is 3. The van der Waals surface area contributed by atoms with E-state index in [0.717, 1.165) is 5.56 Å². The van der Waals surface area contributed by atoms with Crippen molar-refractivity contribution in [2.45, 2.75) is 0 Å². The minimum absolute atomic E-state index is 0.263. The van der Waals surface area contributed by atoms with Crippen molar-refractivity contribution in [1.82, 2.24) is 9.78 Å². The summed E-state index contributed by atoms with van der Waals surface area (Å²) in [4.78, 5) is 13.1. The van der Waals surface area contributed by atoms with Gasteiger partial charge in [-0.05, 0) is 18.2 Å². The van der Waals surface area contributed by atoms with Crippen LogP contribution in [-0.4, -0.2) is 9.78 Å². The van der Waals surface area contributed by atoms with Crippen molar-refractivity contribution in [3.8, 4) is 16.9 Å². The number of nitrogen functional groups attached to an aromatic ring is 1. The van der Waals surface area contributed by atoms with Crippen molar-refractivity contribution in [3.63, 3.8) is 0 Å². The van der Waals surface area contributed by atoms with Crippen molar-refractivity contribution >= 4 is 39.7 Å². The van der Waals surface area contributed by atoms with Crippen LogP contribution in [-0.2, 0) is 0 Å². The van der Waals surface area contributed by atoms with E-state index in [1.807, 2.05) is 60.7 Å². The fraction of sp³-hybridized carbons (Fsp3) is 0. The monoisotopic (exact) mass is 381 g/mol. The molecular formula is C20H13Cl2N3O. The van der Waals surface area contributed by atoms with Crippen molar-refractivity contribution in [2.75, 3.05) is 5.73 Å². The van der Waals surface area contributed by atoms with E-state index in [4.69, 9.17) is 28.9 Å². The van der Waals surface area contributed by atoms with Gasteiger partial charge in [0.1, 0.15) is 5.69 Å². The quantitative estimate of drug-likeness (QED) is 0.500. The Balaban J connectivity index is 2.21. The Kier molecular flexibility index (Phi) is 4.15. The van der Waals surface area contributed by atoms with Crippen LogP contribution in [0.3, 0.4) is 0 Å². The van der Waals surface area contributed by atoms with E-state index in [-0.39, 0.29) is 21.3 Å². The minimum Gasteiger partial charge on any atom is -0.398 e. The lowest BCUT2D eigenvalue weighted by molar-refractivity contribution is 0.826. The summed E-state index contributed by atoms with van der Waals surface area (Å²) < 4.78 is 1.34. The van der Waals surface area contributed by atoms with Crippen molar-refractivity contribution in [3.05, 3.63) is 87.1 Å². The van der Waals surface area contributed by atoms with Gasteiger partial charge in [-0.25, -0.2) is 0 Å². The molecule has 3 aromatic carbocycles. The summed E-state index contributed by atoms with van der Waals surface area (Å²) in [6.45, 7) is 0. The maximum absolute atomic E-state index is 13.1. The Hall–Kier alpha value is -2.82. The summed E-state index contributed by atoms with van der Waals surface area (Å²) in [6.07, 6.45) is 0. The highest BCUT2D eigenvalue weighted by atomic mass is 35.5. The zero-order valence-corrected chi connectivity index (χ0v) is 15.0. The molecule has 4 rings (SSSR count). The molecule has 0 fully saturated rings. The lowest BCUT2D eigenvalue weighted by Gasteiger charge is -2.14. The molecule has 6 heteroatoms. The van der Waals surface area contributed by atoms with Gasteiger partial charge in [-0.2, -0.15) is 9.78 Å². The van der Waals surface area contributed by atoms with Crippen LogP contribution in [0.15, 0.2) is 71.5 Å². The lowest BCUT2D eigenvalue weighted by atomic mass is 10.0. The number of nitrogens with zero attached hydrogens (tertiary/aromatic N) is 2. The average Bonchev–Trinajstić information content (AvgIpc) is 2.67. The third-order valence-electron chi connectivity index (χ3n) is 4.14. The third kappa shape index (κ3) is 2.64. The highest BCUT2D eigenvalue weighted by Gasteiger charge is 2.20. The number of rotatable bonds is 2. The standard InChI is InChI=1S/C20H13Cl2N3O/c21-14-11-15(23)16-17(18(14)22)19(12-7-3-1-4-8-12)24-25(20(16)26)13-9-5-2-6-10-13/h1-11H,23H2. The van der Waals surface area contributed by atoms with E-state index in [9.17, 15) is 4.79 Å². The van der Waals surface area contributed by atoms with Gasteiger partial charge in [-0.15, -0.1) is 0 Å². The smallest absolute Gasteiger partial charge is 0.281 e. The Morgan fingerprint density at radius 3 is 2.15 bits per heavy atom. The van der Waals surface area contributed by atoms with Gasteiger partial charge in [0, 0.05) is 16.6 Å². The summed E-state index contributed by atoms with van der Waals surface area (Å²) in [5.74, 6) is 0. The Morgan fingerprint density at radius 1 is 0.885 bits per heavy atom. The molecule has 4 nitrogen and oxygen atoms in total. The lowest BCUT2D eigenvalue weighted by Crippen LogP contribution is -2.23. The molecule has 26 heavy (non-hydrogen) atoms. The van der Waals surface area contributed by atoms with Gasteiger partial charge < -0.3 is 5.73 Å². The first-order valence-corrected chi connectivity index (χ1v) is 8.65. The predicted molar refractivity (Wildman–Crippen MR) is 107 cm³/mol. The molecule has 0 aliphatic heterocycles. The summed E-state index contributed by atoms with van der Waals surface area (Å²) >= 11 is 12.7. The van der Waals surface area contributed by atoms with E-state index in [1.54, 1.807) is 0 Å². The molecule has 4 aromatic rings. The summed E-state index contributed by atoms with van der Waals surface area (Å²) in [6, 6.07) is 20.2. The fourth-order valence-corrected chi connectivity index (χ4v) is 3.39. The maximum Gasteiger partial charge on any atom is 0.281 e. The van der Waals surface area contributed by atoms with Crippen molar-refractivity contribution < 1.29 is 0 Å². The number of fused-ring (bicyclic) bond motifs is 1. The number of para-hydroxylation sites is 1. The normalized spacial score (nSPS) is 11.0. The number of nitrogens with two attached hydrogens (primary N) is 1. The molecule has 1 heterocycles. The number of hydrogen-bond donors (Lipinski definition) is 1. The Labute approximate surface area is 159 Å². The average molecular weight is 382 g/mol. The van der Waals surface area contributed by atoms with Crippen LogP contribution in [0, 0.1) is 0 Å². The molecule has 128 valence electrons. The van der Waals surface area contributed by atoms with Gasteiger partial charge in [0.2, 0.25) is 0 Å². The van der Waals surface area contributed by atoms with Crippen molar-refractivity contribution in [2.24, 2.45) is 0 Å². The molecular weight excluding hydrogens is 369 g/mol. The number of hydrogen-bond acceptors (Lipinski definition) is 3. The molecule has 0 saturated carbocycles. The predicted octanol–water partition coefficient (Wildman–Crippen LogP) is 4.94. The van der Waals surface area contributed by atoms with Crippen LogP contribution in [0.25, 0.3) is 27.7 Å². The van der Waals surface area contributed by atoms with E-state index < -0.39 is 0 Å². The van der Waals surface area contributed by atoms with Crippen LogP contribution in [0.5, 0.6) is 0 Å². The zero-order valence-electron chi connectivity index (χ0n) is 13.5. The van der Waals surface area contributed by atoms with Crippen LogP contribution >= 0.6 is 23.2 Å². The first-order chi connectivity index (χ1) is 12.6. The highest BCUT2D eigenvalue weighted by molar-refractivity contribution is 6.46. The summed E-state index contributed by atoms with van der Waals surface area (Å²) in [5, 5.41) is 5.90. The topological polar surface area (TPSA) is 60.9 Å². The highest BCUT2D eigenvalue weighted by Crippen LogP contribution is 2.38. The Morgan fingerprint density at radius 2 is 1.50 bits per heavy atom. The maximum atomic E-state index is 13.1. The molecule has 1 aromatic heterocycles. The van der Waals surface area contributed by atoms with Crippen LogP contribution < -0.4 is 11.3 Å². The minimum atomic E-state index is -0.345. The first kappa shape index (κ1) is 16.6. The number of halogens is 2. The van der Waals surface area contributed by atoms with Crippen LogP contribution in [0.2, 0.25) is 10.0 Å². The molecule has 0 amide bonds. The van der Waals surface area contributed by atoms with Gasteiger partial charge >= 0.3 is 0 Å². The van der Waals surface area contributed by atoms with Gasteiger partial charge in [0.15, 0.2) is 0 Å². The van der Waals surface area contributed by atoms with E-state index in [1.165, 1.54) is 10.7 Å². The Bertz CT molecular complexity index is 1170. The largest absolute Gasteiger partial charge is 0.398 e. The van der Waals surface area contributed by atoms with E-state index in [0.29, 0.717) is 22.2 Å². The SMILES string of the molecule is Nc1cc(Cl)c(Cl)c2c(-c3ccccc3)nn(-c3ccccc3)c(=O)c12. The van der Waals surface area contributed by atoms with Crippen LogP contribution in [0.4, 0.5) is 5.69 Å². The second-order valence-corrected chi connectivity index (χ2v) is 6.56. The third-order valence-corrected chi connectivity index (χ3v) is 4.93. The number of aromatic nitrogens is 2. The van der Waals surface area contributed by atoms with Gasteiger partial charge in [-0.3, -0.25) is 4.79 Å². The van der Waals surface area contributed by atoms with Crippen LogP contribution in [0.1, 0.15) is 0 Å². The second kappa shape index (κ2) is 6.48. The zero-order chi connectivity index (χ0) is 18.3. The van der Waals surface area contributed by atoms with Gasteiger partial charge in [0.05, 0.1) is 21.1 Å².